The van der Waals surface area contributed by atoms with Gasteiger partial charge in [0.1, 0.15) is 11.3 Å². The number of hydrogen-bond acceptors (Lipinski definition) is 4. The molecule has 0 saturated carbocycles. The summed E-state index contributed by atoms with van der Waals surface area (Å²) in [6.07, 6.45) is 0. The van der Waals surface area contributed by atoms with Crippen LogP contribution in [0.5, 0.6) is 5.75 Å². The molecule has 0 amide bonds. The number of rotatable bonds is 4. The predicted molar refractivity (Wildman–Crippen MR) is 68.5 cm³/mol. The Morgan fingerprint density at radius 1 is 1.39 bits per heavy atom. The van der Waals surface area contributed by atoms with Crippen molar-refractivity contribution in [3.63, 3.8) is 0 Å². The van der Waals surface area contributed by atoms with Crippen molar-refractivity contribution in [2.75, 3.05) is 21.2 Å². The fourth-order valence-corrected chi connectivity index (χ4v) is 3.17. The lowest BCUT2D eigenvalue weighted by atomic mass is 10.2. The Balaban J connectivity index is 3.59. The van der Waals surface area contributed by atoms with Crippen LogP contribution in [0.25, 0.3) is 0 Å². The topological polar surface area (TPSA) is 83.9 Å². The Morgan fingerprint density at radius 2 is 1.94 bits per heavy atom. The van der Waals surface area contributed by atoms with E-state index in [0.29, 0.717) is 0 Å². The highest BCUT2D eigenvalue weighted by Crippen LogP contribution is 2.31. The number of halogens is 1. The third-order valence-corrected chi connectivity index (χ3v) is 5.02. The maximum absolute atomic E-state index is 12.0. The molecule has 1 N–H and O–H groups in total. The van der Waals surface area contributed by atoms with E-state index >= 15 is 0 Å². The normalized spacial score (nSPS) is 11.6. The maximum atomic E-state index is 12.0. The molecular formula is C10H12BrNO5S. The van der Waals surface area contributed by atoms with Crippen molar-refractivity contribution in [3.8, 4) is 5.75 Å². The number of hydrogen-bond donors (Lipinski definition) is 1. The summed E-state index contributed by atoms with van der Waals surface area (Å²) in [6.45, 7) is 0. The van der Waals surface area contributed by atoms with Crippen LogP contribution in [-0.4, -0.2) is 45.0 Å². The summed E-state index contributed by atoms with van der Waals surface area (Å²) in [4.78, 5) is 10.9. The third-order valence-electron chi connectivity index (χ3n) is 2.24. The summed E-state index contributed by atoms with van der Waals surface area (Å²) in [5.41, 5.74) is -0.207. The fraction of sp³-hybridized carbons (Fsp3) is 0.300. The van der Waals surface area contributed by atoms with Gasteiger partial charge in [-0.1, -0.05) is 0 Å². The van der Waals surface area contributed by atoms with Gasteiger partial charge < -0.3 is 9.84 Å². The molecule has 0 heterocycles. The van der Waals surface area contributed by atoms with Crippen LogP contribution in [0.2, 0.25) is 0 Å². The van der Waals surface area contributed by atoms with Gasteiger partial charge in [0.15, 0.2) is 0 Å². The molecule has 0 aromatic heterocycles. The van der Waals surface area contributed by atoms with Gasteiger partial charge in [0.2, 0.25) is 10.0 Å². The zero-order valence-electron chi connectivity index (χ0n) is 9.97. The molecule has 1 aromatic carbocycles. The van der Waals surface area contributed by atoms with Crippen molar-refractivity contribution in [1.82, 2.24) is 4.31 Å². The molecule has 1 rings (SSSR count). The molecule has 18 heavy (non-hydrogen) atoms. The third kappa shape index (κ3) is 2.65. The molecule has 0 radical (unpaired) electrons. The fourth-order valence-electron chi connectivity index (χ4n) is 1.27. The molecule has 0 fully saturated rings. The first-order valence-electron chi connectivity index (χ1n) is 4.75. The Hall–Kier alpha value is -1.12. The van der Waals surface area contributed by atoms with E-state index in [-0.39, 0.29) is 20.7 Å². The second kappa shape index (κ2) is 5.25. The van der Waals surface area contributed by atoms with Crippen LogP contribution in [0.15, 0.2) is 21.5 Å². The number of carbonyl (C=O) groups is 1. The van der Waals surface area contributed by atoms with E-state index in [9.17, 15) is 13.2 Å². The Labute approximate surface area is 113 Å². The average molecular weight is 338 g/mol. The van der Waals surface area contributed by atoms with Gasteiger partial charge in [-0.15, -0.1) is 0 Å². The quantitative estimate of drug-likeness (QED) is 0.897. The van der Waals surface area contributed by atoms with Crippen molar-refractivity contribution in [1.29, 1.82) is 0 Å². The Morgan fingerprint density at radius 3 is 2.33 bits per heavy atom. The predicted octanol–water partition coefficient (Wildman–Crippen LogP) is 1.41. The van der Waals surface area contributed by atoms with Gasteiger partial charge >= 0.3 is 5.97 Å². The number of sulfonamides is 1. The number of methoxy groups -OCH3 is 1. The molecular weight excluding hydrogens is 326 g/mol. The van der Waals surface area contributed by atoms with E-state index in [1.165, 1.54) is 27.3 Å². The minimum absolute atomic E-state index is 0.0899. The minimum Gasteiger partial charge on any atom is -0.496 e. The molecule has 1 aromatic rings. The molecule has 6 nitrogen and oxygen atoms in total. The molecule has 0 spiro atoms. The molecule has 0 aliphatic heterocycles. The second-order valence-electron chi connectivity index (χ2n) is 3.58. The zero-order valence-corrected chi connectivity index (χ0v) is 12.4. The van der Waals surface area contributed by atoms with E-state index in [2.05, 4.69) is 15.9 Å². The number of ether oxygens (including phenoxy) is 1. The first-order chi connectivity index (χ1) is 8.21. The Bertz CT molecular complexity index is 582. The SMILES string of the molecule is COc1cc(Br)c(S(=O)(=O)N(C)C)cc1C(=O)O. The largest absolute Gasteiger partial charge is 0.496 e. The van der Waals surface area contributed by atoms with Gasteiger partial charge in [0, 0.05) is 18.6 Å². The van der Waals surface area contributed by atoms with Crippen LogP contribution >= 0.6 is 15.9 Å². The number of carboxylic acids is 1. The van der Waals surface area contributed by atoms with Crippen molar-refractivity contribution in [3.05, 3.63) is 22.2 Å². The highest BCUT2D eigenvalue weighted by Gasteiger charge is 2.24. The van der Waals surface area contributed by atoms with Crippen LogP contribution in [0.4, 0.5) is 0 Å². The molecule has 0 aliphatic rings. The van der Waals surface area contributed by atoms with Gasteiger partial charge in [-0.3, -0.25) is 0 Å². The summed E-state index contributed by atoms with van der Waals surface area (Å²) in [5.74, 6) is -1.17. The van der Waals surface area contributed by atoms with E-state index in [0.717, 1.165) is 10.4 Å². The van der Waals surface area contributed by atoms with Crippen LogP contribution in [0.3, 0.4) is 0 Å². The van der Waals surface area contributed by atoms with Crippen molar-refractivity contribution in [2.45, 2.75) is 4.90 Å². The zero-order chi connectivity index (χ0) is 14.1. The highest BCUT2D eigenvalue weighted by molar-refractivity contribution is 9.10. The molecule has 8 heteroatoms. The second-order valence-corrected chi connectivity index (χ2v) is 6.55. The van der Waals surface area contributed by atoms with Crippen LogP contribution < -0.4 is 4.74 Å². The van der Waals surface area contributed by atoms with Gasteiger partial charge in [0.25, 0.3) is 0 Å². The summed E-state index contributed by atoms with van der Waals surface area (Å²) < 4.78 is 30.1. The van der Waals surface area contributed by atoms with E-state index in [4.69, 9.17) is 9.84 Å². The van der Waals surface area contributed by atoms with Crippen molar-refractivity contribution in [2.24, 2.45) is 0 Å². The van der Waals surface area contributed by atoms with Crippen molar-refractivity contribution < 1.29 is 23.1 Å². The van der Waals surface area contributed by atoms with Gasteiger partial charge in [-0.25, -0.2) is 17.5 Å². The smallest absolute Gasteiger partial charge is 0.339 e. The lowest BCUT2D eigenvalue weighted by Crippen LogP contribution is -2.23. The summed E-state index contributed by atoms with van der Waals surface area (Å²) >= 11 is 3.10. The summed E-state index contributed by atoms with van der Waals surface area (Å²) in [6, 6.07) is 2.39. The number of aromatic carboxylic acids is 1. The first kappa shape index (κ1) is 14.9. The number of benzene rings is 1. The van der Waals surface area contributed by atoms with Crippen molar-refractivity contribution >= 4 is 31.9 Å². The van der Waals surface area contributed by atoms with E-state index < -0.39 is 16.0 Å². The molecule has 0 atom stereocenters. The summed E-state index contributed by atoms with van der Waals surface area (Å²) in [5, 5.41) is 9.01. The molecule has 0 aliphatic carbocycles. The van der Waals surface area contributed by atoms with E-state index in [1.807, 2.05) is 0 Å². The van der Waals surface area contributed by atoms with Gasteiger partial charge in [0.05, 0.1) is 12.0 Å². The van der Waals surface area contributed by atoms with Crippen LogP contribution in [-0.2, 0) is 10.0 Å². The van der Waals surface area contributed by atoms with Gasteiger partial charge in [-0.05, 0) is 28.1 Å². The van der Waals surface area contributed by atoms with Crippen LogP contribution in [0, 0.1) is 0 Å². The summed E-state index contributed by atoms with van der Waals surface area (Å²) in [7, 11) is 0.328. The minimum atomic E-state index is -3.72. The first-order valence-corrected chi connectivity index (χ1v) is 6.98. The highest BCUT2D eigenvalue weighted by atomic mass is 79.9. The van der Waals surface area contributed by atoms with Gasteiger partial charge in [-0.2, -0.15) is 0 Å². The molecule has 0 saturated heterocycles. The average Bonchev–Trinajstić information content (AvgIpc) is 2.27. The molecule has 100 valence electrons. The molecule has 0 unspecified atom stereocenters. The number of nitrogens with zero attached hydrogens (tertiary/aromatic N) is 1. The monoisotopic (exact) mass is 337 g/mol. The Kier molecular flexibility index (Phi) is 4.36. The number of carboxylic acid groups (broad SMARTS) is 1. The molecule has 0 bridgehead atoms. The standard InChI is InChI=1S/C10H12BrNO5S/c1-12(2)18(15,16)9-4-6(10(13)14)8(17-3)5-7(9)11/h4-5H,1-3H3,(H,13,14). The van der Waals surface area contributed by atoms with Crippen LogP contribution in [0.1, 0.15) is 10.4 Å². The van der Waals surface area contributed by atoms with E-state index in [1.54, 1.807) is 0 Å². The maximum Gasteiger partial charge on any atom is 0.339 e. The lowest BCUT2D eigenvalue weighted by Gasteiger charge is -2.15. The lowest BCUT2D eigenvalue weighted by molar-refractivity contribution is 0.0693.